The van der Waals surface area contributed by atoms with Crippen molar-refractivity contribution < 1.29 is 13.9 Å². The predicted octanol–water partition coefficient (Wildman–Crippen LogP) is 2.07. The first kappa shape index (κ1) is 15.1. The molecular weight excluding hydrogens is 283 g/mol. The van der Waals surface area contributed by atoms with Gasteiger partial charge in [-0.2, -0.15) is 0 Å². The molecule has 1 aliphatic heterocycles. The highest BCUT2D eigenvalue weighted by Crippen LogP contribution is 2.24. The molecule has 0 aromatic heterocycles. The first-order valence-electron chi connectivity index (χ1n) is 6.63. The van der Waals surface area contributed by atoms with E-state index in [9.17, 15) is 9.18 Å². The van der Waals surface area contributed by atoms with Crippen LogP contribution in [0, 0.1) is 5.82 Å². The number of likely N-dealkylation sites (N-methyl/N-ethyl adjacent to an activating group) is 1. The second-order valence-electron chi connectivity index (χ2n) is 4.83. The van der Waals surface area contributed by atoms with Gasteiger partial charge in [0, 0.05) is 19.1 Å². The molecule has 1 amide bonds. The van der Waals surface area contributed by atoms with Gasteiger partial charge in [0.15, 0.2) is 6.61 Å². The van der Waals surface area contributed by atoms with E-state index in [1.165, 1.54) is 18.2 Å². The SMILES string of the molecule is CNC1CCCN(C(=O)COc2ccc(F)cc2Cl)C1. The van der Waals surface area contributed by atoms with Crippen LogP contribution in [-0.4, -0.2) is 43.6 Å². The molecule has 1 unspecified atom stereocenters. The zero-order valence-electron chi connectivity index (χ0n) is 11.4. The number of carbonyl (C=O) groups excluding carboxylic acids is 1. The number of rotatable bonds is 4. The lowest BCUT2D eigenvalue weighted by Gasteiger charge is -2.32. The number of carbonyl (C=O) groups is 1. The number of nitrogens with zero attached hydrogens (tertiary/aromatic N) is 1. The molecule has 1 aliphatic rings. The Morgan fingerprint density at radius 1 is 1.60 bits per heavy atom. The first-order chi connectivity index (χ1) is 9.60. The summed E-state index contributed by atoms with van der Waals surface area (Å²) < 4.78 is 18.3. The topological polar surface area (TPSA) is 41.6 Å². The average Bonchev–Trinajstić information content (AvgIpc) is 2.46. The lowest BCUT2D eigenvalue weighted by atomic mass is 10.1. The van der Waals surface area contributed by atoms with Gasteiger partial charge in [-0.15, -0.1) is 0 Å². The summed E-state index contributed by atoms with van der Waals surface area (Å²) in [5.74, 6) is -0.185. The fraction of sp³-hybridized carbons (Fsp3) is 0.500. The molecule has 0 radical (unpaired) electrons. The summed E-state index contributed by atoms with van der Waals surface area (Å²) in [6, 6.07) is 4.18. The lowest BCUT2D eigenvalue weighted by molar-refractivity contribution is -0.134. The van der Waals surface area contributed by atoms with Gasteiger partial charge in [0.1, 0.15) is 11.6 Å². The zero-order valence-corrected chi connectivity index (χ0v) is 12.1. The van der Waals surface area contributed by atoms with Crippen molar-refractivity contribution in [3.8, 4) is 5.75 Å². The minimum atomic E-state index is -0.429. The molecule has 0 bridgehead atoms. The van der Waals surface area contributed by atoms with Crippen molar-refractivity contribution in [1.82, 2.24) is 10.2 Å². The second-order valence-corrected chi connectivity index (χ2v) is 5.24. The van der Waals surface area contributed by atoms with Crippen LogP contribution in [0.25, 0.3) is 0 Å². The van der Waals surface area contributed by atoms with Crippen LogP contribution < -0.4 is 10.1 Å². The zero-order chi connectivity index (χ0) is 14.5. The Morgan fingerprint density at radius 2 is 2.40 bits per heavy atom. The second kappa shape index (κ2) is 6.90. The highest BCUT2D eigenvalue weighted by molar-refractivity contribution is 6.32. The molecule has 0 saturated carbocycles. The van der Waals surface area contributed by atoms with Crippen molar-refractivity contribution >= 4 is 17.5 Å². The normalized spacial score (nSPS) is 18.9. The van der Waals surface area contributed by atoms with Crippen molar-refractivity contribution in [3.63, 3.8) is 0 Å². The maximum atomic E-state index is 12.9. The molecule has 1 fully saturated rings. The number of ether oxygens (including phenoxy) is 1. The molecule has 1 aromatic carbocycles. The minimum absolute atomic E-state index is 0.0784. The van der Waals surface area contributed by atoms with Crippen LogP contribution >= 0.6 is 11.6 Å². The van der Waals surface area contributed by atoms with Gasteiger partial charge in [0.25, 0.3) is 5.91 Å². The van der Waals surface area contributed by atoms with E-state index in [4.69, 9.17) is 16.3 Å². The fourth-order valence-electron chi connectivity index (χ4n) is 2.26. The van der Waals surface area contributed by atoms with Gasteiger partial charge >= 0.3 is 0 Å². The van der Waals surface area contributed by atoms with Gasteiger partial charge in [-0.3, -0.25) is 4.79 Å². The summed E-state index contributed by atoms with van der Waals surface area (Å²) >= 11 is 5.84. The van der Waals surface area contributed by atoms with Crippen LogP contribution in [0.4, 0.5) is 4.39 Å². The quantitative estimate of drug-likeness (QED) is 0.925. The maximum Gasteiger partial charge on any atom is 0.260 e. The van der Waals surface area contributed by atoms with Crippen LogP contribution in [0.3, 0.4) is 0 Å². The van der Waals surface area contributed by atoms with E-state index >= 15 is 0 Å². The van der Waals surface area contributed by atoms with E-state index in [2.05, 4.69) is 5.32 Å². The fourth-order valence-corrected chi connectivity index (χ4v) is 2.48. The molecule has 1 saturated heterocycles. The van der Waals surface area contributed by atoms with E-state index in [0.29, 0.717) is 18.3 Å². The molecule has 1 aromatic rings. The van der Waals surface area contributed by atoms with Gasteiger partial charge in [0.2, 0.25) is 0 Å². The van der Waals surface area contributed by atoms with Crippen LogP contribution in [-0.2, 0) is 4.79 Å². The third-order valence-electron chi connectivity index (χ3n) is 3.43. The molecule has 2 rings (SSSR count). The van der Waals surface area contributed by atoms with Crippen molar-refractivity contribution in [2.24, 2.45) is 0 Å². The van der Waals surface area contributed by atoms with Crippen LogP contribution in [0.2, 0.25) is 5.02 Å². The van der Waals surface area contributed by atoms with Crippen molar-refractivity contribution in [2.75, 3.05) is 26.7 Å². The highest BCUT2D eigenvalue weighted by atomic mass is 35.5. The predicted molar refractivity (Wildman–Crippen MR) is 75.6 cm³/mol. The molecular formula is C14H18ClFN2O2. The minimum Gasteiger partial charge on any atom is -0.482 e. The maximum absolute atomic E-state index is 12.9. The summed E-state index contributed by atoms with van der Waals surface area (Å²) in [5, 5.41) is 3.35. The number of nitrogens with one attached hydrogen (secondary N) is 1. The molecule has 6 heteroatoms. The molecule has 1 atom stereocenters. The monoisotopic (exact) mass is 300 g/mol. The smallest absolute Gasteiger partial charge is 0.260 e. The van der Waals surface area contributed by atoms with Gasteiger partial charge < -0.3 is 15.0 Å². The number of amides is 1. The number of likely N-dealkylation sites (tertiary alicyclic amines) is 1. The van der Waals surface area contributed by atoms with E-state index in [-0.39, 0.29) is 17.5 Å². The Hall–Kier alpha value is -1.33. The van der Waals surface area contributed by atoms with E-state index in [1.807, 2.05) is 7.05 Å². The van der Waals surface area contributed by atoms with E-state index in [1.54, 1.807) is 4.90 Å². The Balaban J connectivity index is 1.88. The van der Waals surface area contributed by atoms with Crippen LogP contribution in [0.1, 0.15) is 12.8 Å². The summed E-state index contributed by atoms with van der Waals surface area (Å²) in [6.45, 7) is 1.36. The number of hydrogen-bond acceptors (Lipinski definition) is 3. The van der Waals surface area contributed by atoms with Crippen molar-refractivity contribution in [3.05, 3.63) is 29.0 Å². The summed E-state index contributed by atoms with van der Waals surface area (Å²) in [6.07, 6.45) is 2.06. The van der Waals surface area contributed by atoms with Crippen LogP contribution in [0.5, 0.6) is 5.75 Å². The molecule has 110 valence electrons. The number of benzene rings is 1. The molecule has 0 aliphatic carbocycles. The van der Waals surface area contributed by atoms with Gasteiger partial charge in [-0.25, -0.2) is 4.39 Å². The summed E-state index contributed by atoms with van der Waals surface area (Å²) in [4.78, 5) is 13.8. The molecule has 0 spiro atoms. The highest BCUT2D eigenvalue weighted by Gasteiger charge is 2.22. The Morgan fingerprint density at radius 3 is 3.10 bits per heavy atom. The Labute approximate surface area is 122 Å². The van der Waals surface area contributed by atoms with Crippen molar-refractivity contribution in [1.29, 1.82) is 0 Å². The van der Waals surface area contributed by atoms with Crippen LogP contribution in [0.15, 0.2) is 18.2 Å². The summed E-state index contributed by atoms with van der Waals surface area (Å²) in [5.41, 5.74) is 0. The lowest BCUT2D eigenvalue weighted by Crippen LogP contribution is -2.48. The van der Waals surface area contributed by atoms with Gasteiger partial charge in [-0.1, -0.05) is 11.6 Å². The van der Waals surface area contributed by atoms with E-state index < -0.39 is 5.82 Å². The number of hydrogen-bond donors (Lipinski definition) is 1. The largest absolute Gasteiger partial charge is 0.482 e. The average molecular weight is 301 g/mol. The number of halogens is 2. The molecule has 1 N–H and O–H groups in total. The Kier molecular flexibility index (Phi) is 5.20. The third-order valence-corrected chi connectivity index (χ3v) is 3.72. The third kappa shape index (κ3) is 3.84. The first-order valence-corrected chi connectivity index (χ1v) is 7.01. The molecule has 4 nitrogen and oxygen atoms in total. The molecule has 20 heavy (non-hydrogen) atoms. The Bertz CT molecular complexity index is 484. The van der Waals surface area contributed by atoms with Gasteiger partial charge in [-0.05, 0) is 38.1 Å². The molecule has 1 heterocycles. The standard InChI is InChI=1S/C14H18ClFN2O2/c1-17-11-3-2-6-18(8-11)14(19)9-20-13-5-4-10(16)7-12(13)15/h4-5,7,11,17H,2-3,6,8-9H2,1H3. The van der Waals surface area contributed by atoms with Gasteiger partial charge in [0.05, 0.1) is 5.02 Å². The summed E-state index contributed by atoms with van der Waals surface area (Å²) in [7, 11) is 1.90. The van der Waals surface area contributed by atoms with Crippen molar-refractivity contribution in [2.45, 2.75) is 18.9 Å². The number of piperidine rings is 1. The van der Waals surface area contributed by atoms with E-state index in [0.717, 1.165) is 19.4 Å².